The van der Waals surface area contributed by atoms with Crippen molar-refractivity contribution >= 4 is 12.6 Å². The van der Waals surface area contributed by atoms with E-state index in [1.165, 1.54) is 0 Å². The maximum atomic E-state index is 9.04. The molecule has 0 atom stereocenters. The molecule has 0 spiro atoms. The Morgan fingerprint density at radius 1 is 1.46 bits per heavy atom. The van der Waals surface area contributed by atoms with Gasteiger partial charge in [-0.05, 0) is 32.0 Å². The molecule has 1 aromatic rings. The van der Waals surface area contributed by atoms with Crippen molar-refractivity contribution in [2.24, 2.45) is 0 Å². The molecule has 0 fully saturated rings. The first-order valence-corrected chi connectivity index (χ1v) is 4.67. The summed E-state index contributed by atoms with van der Waals surface area (Å²) in [7, 11) is 0. The first-order valence-electron chi connectivity index (χ1n) is 4.23. The Hall–Kier alpha value is -0.670. The lowest BCUT2D eigenvalue weighted by molar-refractivity contribution is 0.225. The molecule has 0 heterocycles. The normalized spacial score (nSPS) is 10.5. The topological polar surface area (TPSA) is 29.5 Å². The second-order valence-corrected chi connectivity index (χ2v) is 3.63. The third-order valence-corrected chi connectivity index (χ3v) is 1.86. The van der Waals surface area contributed by atoms with E-state index >= 15 is 0 Å². The van der Waals surface area contributed by atoms with Crippen LogP contribution in [0.5, 0.6) is 5.75 Å². The zero-order valence-electron chi connectivity index (χ0n) is 7.82. The molecular formula is C10H14O2S. The number of aliphatic hydroxyl groups is 1. The summed E-state index contributed by atoms with van der Waals surface area (Å²) in [6, 6.07) is 5.48. The van der Waals surface area contributed by atoms with Gasteiger partial charge in [0, 0.05) is 10.5 Å². The smallest absolute Gasteiger partial charge is 0.125 e. The number of hydrogen-bond donors (Lipinski definition) is 2. The highest BCUT2D eigenvalue weighted by Crippen LogP contribution is 2.22. The Labute approximate surface area is 84.0 Å². The van der Waals surface area contributed by atoms with E-state index in [2.05, 4.69) is 12.6 Å². The van der Waals surface area contributed by atoms with Gasteiger partial charge < -0.3 is 9.84 Å². The van der Waals surface area contributed by atoms with Gasteiger partial charge in [0.05, 0.1) is 12.7 Å². The van der Waals surface area contributed by atoms with Crippen LogP contribution in [0.25, 0.3) is 0 Å². The molecule has 72 valence electrons. The molecule has 0 aliphatic rings. The summed E-state index contributed by atoms with van der Waals surface area (Å²) in [4.78, 5) is 0.833. The van der Waals surface area contributed by atoms with E-state index < -0.39 is 0 Å². The molecular weight excluding hydrogens is 184 g/mol. The van der Waals surface area contributed by atoms with Gasteiger partial charge in [-0.3, -0.25) is 0 Å². The minimum Gasteiger partial charge on any atom is -0.491 e. The van der Waals surface area contributed by atoms with Crippen molar-refractivity contribution in [3.05, 3.63) is 23.8 Å². The molecule has 0 aliphatic carbocycles. The lowest BCUT2D eigenvalue weighted by Crippen LogP contribution is -2.07. The molecule has 0 amide bonds. The molecule has 0 saturated carbocycles. The summed E-state index contributed by atoms with van der Waals surface area (Å²) in [5.41, 5.74) is 0.779. The number of thiol groups is 1. The van der Waals surface area contributed by atoms with Crippen molar-refractivity contribution < 1.29 is 9.84 Å². The van der Waals surface area contributed by atoms with Crippen LogP contribution >= 0.6 is 12.6 Å². The van der Waals surface area contributed by atoms with Crippen LogP contribution in [0.2, 0.25) is 0 Å². The highest BCUT2D eigenvalue weighted by Gasteiger charge is 2.04. The summed E-state index contributed by atoms with van der Waals surface area (Å²) in [6.45, 7) is 3.89. The first-order chi connectivity index (χ1) is 6.13. The van der Waals surface area contributed by atoms with E-state index in [1.54, 1.807) is 6.07 Å². The van der Waals surface area contributed by atoms with Gasteiger partial charge >= 0.3 is 0 Å². The molecule has 3 heteroatoms. The predicted molar refractivity (Wildman–Crippen MR) is 55.4 cm³/mol. The minimum absolute atomic E-state index is 0.0174. The Morgan fingerprint density at radius 2 is 2.15 bits per heavy atom. The minimum atomic E-state index is -0.0174. The van der Waals surface area contributed by atoms with E-state index in [1.807, 2.05) is 26.0 Å². The largest absolute Gasteiger partial charge is 0.491 e. The lowest BCUT2D eigenvalue weighted by Gasteiger charge is -2.13. The van der Waals surface area contributed by atoms with Crippen molar-refractivity contribution in [1.82, 2.24) is 0 Å². The number of rotatable bonds is 3. The molecule has 1 rings (SSSR count). The molecule has 13 heavy (non-hydrogen) atoms. The molecule has 1 N–H and O–H groups in total. The van der Waals surface area contributed by atoms with Gasteiger partial charge in [-0.25, -0.2) is 0 Å². The number of ether oxygens (including phenoxy) is 1. The predicted octanol–water partition coefficient (Wildman–Crippen LogP) is 2.25. The fraction of sp³-hybridized carbons (Fsp3) is 0.400. The molecule has 2 nitrogen and oxygen atoms in total. The van der Waals surface area contributed by atoms with Crippen LogP contribution in [-0.4, -0.2) is 11.2 Å². The first kappa shape index (κ1) is 10.4. The van der Waals surface area contributed by atoms with E-state index in [0.29, 0.717) is 0 Å². The Morgan fingerprint density at radius 3 is 2.69 bits per heavy atom. The van der Waals surface area contributed by atoms with Gasteiger partial charge in [0.15, 0.2) is 0 Å². The van der Waals surface area contributed by atoms with Gasteiger partial charge in [-0.2, -0.15) is 0 Å². The highest BCUT2D eigenvalue weighted by atomic mass is 32.1. The third kappa shape index (κ3) is 2.94. The van der Waals surface area contributed by atoms with Crippen LogP contribution in [0.15, 0.2) is 23.1 Å². The summed E-state index contributed by atoms with van der Waals surface area (Å²) >= 11 is 4.18. The number of benzene rings is 1. The molecule has 0 aromatic heterocycles. The number of aliphatic hydroxyl groups excluding tert-OH is 1. The van der Waals surface area contributed by atoms with E-state index in [0.717, 1.165) is 16.2 Å². The van der Waals surface area contributed by atoms with E-state index in [4.69, 9.17) is 9.84 Å². The number of hydrogen-bond acceptors (Lipinski definition) is 3. The lowest BCUT2D eigenvalue weighted by atomic mass is 10.2. The maximum Gasteiger partial charge on any atom is 0.125 e. The van der Waals surface area contributed by atoms with Gasteiger partial charge in [-0.1, -0.05) is 0 Å². The van der Waals surface area contributed by atoms with Crippen molar-refractivity contribution in [3.63, 3.8) is 0 Å². The van der Waals surface area contributed by atoms with Crippen molar-refractivity contribution in [2.45, 2.75) is 31.5 Å². The molecule has 0 bridgehead atoms. The molecule has 1 aromatic carbocycles. The van der Waals surface area contributed by atoms with Crippen LogP contribution in [0.4, 0.5) is 0 Å². The SMILES string of the molecule is CC(C)Oc1ccc(S)cc1CO. The van der Waals surface area contributed by atoms with E-state index in [9.17, 15) is 0 Å². The van der Waals surface area contributed by atoms with Gasteiger partial charge in [-0.15, -0.1) is 12.6 Å². The van der Waals surface area contributed by atoms with Crippen molar-refractivity contribution in [1.29, 1.82) is 0 Å². The summed E-state index contributed by atoms with van der Waals surface area (Å²) < 4.78 is 5.50. The fourth-order valence-electron chi connectivity index (χ4n) is 1.06. The van der Waals surface area contributed by atoms with Gasteiger partial charge in [0.2, 0.25) is 0 Å². The van der Waals surface area contributed by atoms with Crippen molar-refractivity contribution in [2.75, 3.05) is 0 Å². The Bertz CT molecular complexity index is 284. The molecule has 0 unspecified atom stereocenters. The highest BCUT2D eigenvalue weighted by molar-refractivity contribution is 7.80. The van der Waals surface area contributed by atoms with Crippen LogP contribution in [0, 0.1) is 0 Å². The van der Waals surface area contributed by atoms with Gasteiger partial charge in [0.1, 0.15) is 5.75 Å². The second kappa shape index (κ2) is 4.53. The average molecular weight is 198 g/mol. The molecule has 0 radical (unpaired) electrons. The van der Waals surface area contributed by atoms with Crippen LogP contribution in [0.3, 0.4) is 0 Å². The zero-order valence-corrected chi connectivity index (χ0v) is 8.71. The average Bonchev–Trinajstić information content (AvgIpc) is 2.07. The van der Waals surface area contributed by atoms with E-state index in [-0.39, 0.29) is 12.7 Å². The zero-order chi connectivity index (χ0) is 9.84. The fourth-order valence-corrected chi connectivity index (χ4v) is 1.29. The summed E-state index contributed by atoms with van der Waals surface area (Å²) in [5.74, 6) is 0.732. The third-order valence-electron chi connectivity index (χ3n) is 1.58. The van der Waals surface area contributed by atoms with Crippen LogP contribution in [0.1, 0.15) is 19.4 Å². The Kier molecular flexibility index (Phi) is 3.63. The standard InChI is InChI=1S/C10H14O2S/c1-7(2)12-10-4-3-9(13)5-8(10)6-11/h3-5,7,11,13H,6H2,1-2H3. The maximum absolute atomic E-state index is 9.04. The quantitative estimate of drug-likeness (QED) is 0.729. The monoisotopic (exact) mass is 198 g/mol. The van der Waals surface area contributed by atoms with Crippen LogP contribution in [-0.2, 0) is 6.61 Å². The summed E-state index contributed by atoms with van der Waals surface area (Å²) in [6.07, 6.45) is 0.121. The molecule has 0 aliphatic heterocycles. The van der Waals surface area contributed by atoms with Gasteiger partial charge in [0.25, 0.3) is 0 Å². The second-order valence-electron chi connectivity index (χ2n) is 3.12. The van der Waals surface area contributed by atoms with Crippen molar-refractivity contribution in [3.8, 4) is 5.75 Å². The summed E-state index contributed by atoms with van der Waals surface area (Å²) in [5, 5.41) is 9.04. The molecule has 0 saturated heterocycles. The Balaban J connectivity index is 2.92. The van der Waals surface area contributed by atoms with Crippen LogP contribution < -0.4 is 4.74 Å².